The zero-order valence-electron chi connectivity index (χ0n) is 16.1. The van der Waals surface area contributed by atoms with Gasteiger partial charge in [0.1, 0.15) is 0 Å². The molecule has 2 aromatic rings. The molecule has 1 aromatic heterocycles. The zero-order chi connectivity index (χ0) is 21.3. The minimum atomic E-state index is -4.50. The Morgan fingerprint density at radius 1 is 1.20 bits per heavy atom. The van der Waals surface area contributed by atoms with E-state index in [9.17, 15) is 22.8 Å². The molecule has 1 fully saturated rings. The van der Waals surface area contributed by atoms with E-state index in [-0.39, 0.29) is 24.2 Å². The second-order valence-electron chi connectivity index (χ2n) is 7.52. The first kappa shape index (κ1) is 20.6. The third kappa shape index (κ3) is 4.58. The normalized spacial score (nSPS) is 17.0. The number of halogens is 3. The van der Waals surface area contributed by atoms with Crippen molar-refractivity contribution < 1.29 is 22.8 Å². The number of carbonyl (C=O) groups excluding carboxylic acids is 2. The smallest absolute Gasteiger partial charge is 0.335 e. The van der Waals surface area contributed by atoms with Crippen molar-refractivity contribution in [2.45, 2.75) is 50.9 Å². The lowest BCUT2D eigenvalue weighted by atomic mass is 10.1. The van der Waals surface area contributed by atoms with E-state index in [4.69, 9.17) is 0 Å². The molecule has 6 nitrogen and oxygen atoms in total. The maximum atomic E-state index is 12.9. The van der Waals surface area contributed by atoms with Crippen molar-refractivity contribution in [2.75, 3.05) is 11.9 Å². The Balaban J connectivity index is 1.41. The molecule has 0 radical (unpaired) electrons. The average Bonchev–Trinajstić information content (AvgIpc) is 3.35. The molecule has 2 N–H and O–H groups in total. The van der Waals surface area contributed by atoms with Crippen molar-refractivity contribution >= 4 is 28.4 Å². The minimum Gasteiger partial charge on any atom is -0.335 e. The molecule has 160 valence electrons. The van der Waals surface area contributed by atoms with Crippen LogP contribution in [0.15, 0.2) is 24.3 Å². The lowest BCUT2D eigenvalue weighted by Gasteiger charge is -2.26. The van der Waals surface area contributed by atoms with Gasteiger partial charge in [-0.2, -0.15) is 13.2 Å². The summed E-state index contributed by atoms with van der Waals surface area (Å²) in [7, 11) is 0. The van der Waals surface area contributed by atoms with Gasteiger partial charge in [-0.1, -0.05) is 30.2 Å². The SMILES string of the molecule is O=C(Nc1nc2c(s1)CN(C(=O)c1cccc(C(F)(F)F)c1)CC2)NC1CCCC1. The van der Waals surface area contributed by atoms with Gasteiger partial charge < -0.3 is 10.2 Å². The van der Waals surface area contributed by atoms with Crippen molar-refractivity contribution in [1.82, 2.24) is 15.2 Å². The van der Waals surface area contributed by atoms with E-state index in [1.807, 2.05) is 0 Å². The van der Waals surface area contributed by atoms with Crippen LogP contribution in [0.4, 0.5) is 23.1 Å². The first-order valence-electron chi connectivity index (χ1n) is 9.82. The Morgan fingerprint density at radius 2 is 1.97 bits per heavy atom. The van der Waals surface area contributed by atoms with Gasteiger partial charge in [-0.05, 0) is 31.0 Å². The lowest BCUT2D eigenvalue weighted by Crippen LogP contribution is -2.36. The molecule has 4 rings (SSSR count). The summed E-state index contributed by atoms with van der Waals surface area (Å²) in [6.45, 7) is 0.619. The fourth-order valence-corrected chi connectivity index (χ4v) is 4.84. The number of anilines is 1. The molecule has 0 spiro atoms. The fraction of sp³-hybridized carbons (Fsp3) is 0.450. The molecule has 1 aliphatic carbocycles. The number of urea groups is 1. The van der Waals surface area contributed by atoms with Crippen LogP contribution in [0.25, 0.3) is 0 Å². The highest BCUT2D eigenvalue weighted by Gasteiger charge is 2.32. The fourth-order valence-electron chi connectivity index (χ4n) is 3.82. The summed E-state index contributed by atoms with van der Waals surface area (Å²) in [5.41, 5.74) is -0.0278. The Hall–Kier alpha value is -2.62. The molecule has 3 amide bonds. The molecule has 2 heterocycles. The number of carbonyl (C=O) groups is 2. The third-order valence-electron chi connectivity index (χ3n) is 5.37. The lowest BCUT2D eigenvalue weighted by molar-refractivity contribution is -0.137. The van der Waals surface area contributed by atoms with E-state index < -0.39 is 17.6 Å². The van der Waals surface area contributed by atoms with Crippen LogP contribution in [0.5, 0.6) is 0 Å². The van der Waals surface area contributed by atoms with Gasteiger partial charge in [0, 0.05) is 29.4 Å². The largest absolute Gasteiger partial charge is 0.416 e. The number of aromatic nitrogens is 1. The Morgan fingerprint density at radius 3 is 2.70 bits per heavy atom. The summed E-state index contributed by atoms with van der Waals surface area (Å²) < 4.78 is 38.8. The molecule has 10 heteroatoms. The van der Waals surface area contributed by atoms with Gasteiger partial charge in [0.05, 0.1) is 17.8 Å². The van der Waals surface area contributed by atoms with E-state index in [1.165, 1.54) is 28.4 Å². The second kappa shape index (κ2) is 8.25. The molecular weight excluding hydrogens is 417 g/mol. The number of hydrogen-bond donors (Lipinski definition) is 2. The molecule has 30 heavy (non-hydrogen) atoms. The minimum absolute atomic E-state index is 0.00656. The molecule has 0 unspecified atom stereocenters. The van der Waals surface area contributed by atoms with Crippen molar-refractivity contribution in [3.63, 3.8) is 0 Å². The molecule has 0 bridgehead atoms. The van der Waals surface area contributed by atoms with Gasteiger partial charge in [-0.3, -0.25) is 10.1 Å². The number of amides is 3. The average molecular weight is 438 g/mol. The van der Waals surface area contributed by atoms with E-state index in [1.54, 1.807) is 0 Å². The highest BCUT2D eigenvalue weighted by molar-refractivity contribution is 7.15. The van der Waals surface area contributed by atoms with Crippen LogP contribution in [0.3, 0.4) is 0 Å². The molecule has 1 aliphatic heterocycles. The second-order valence-corrected chi connectivity index (χ2v) is 8.61. The first-order valence-corrected chi connectivity index (χ1v) is 10.6. The molecule has 0 atom stereocenters. The summed E-state index contributed by atoms with van der Waals surface area (Å²) >= 11 is 1.29. The Labute approximate surface area is 175 Å². The summed E-state index contributed by atoms with van der Waals surface area (Å²) in [6, 6.07) is 4.36. The van der Waals surface area contributed by atoms with Crippen LogP contribution in [0.2, 0.25) is 0 Å². The van der Waals surface area contributed by atoms with Crippen LogP contribution in [-0.2, 0) is 19.1 Å². The van der Waals surface area contributed by atoms with Gasteiger partial charge in [0.25, 0.3) is 5.91 Å². The zero-order valence-corrected chi connectivity index (χ0v) is 16.9. The molecular formula is C20H21F3N4O2S. The van der Waals surface area contributed by atoms with Crippen LogP contribution >= 0.6 is 11.3 Å². The number of alkyl halides is 3. The molecule has 1 aromatic carbocycles. The van der Waals surface area contributed by atoms with Crippen LogP contribution in [0, 0.1) is 0 Å². The van der Waals surface area contributed by atoms with Gasteiger partial charge in [-0.25, -0.2) is 9.78 Å². The number of fused-ring (bicyclic) bond motifs is 1. The predicted molar refractivity (Wildman–Crippen MR) is 106 cm³/mol. The Kier molecular flexibility index (Phi) is 5.68. The molecule has 2 aliphatic rings. The standard InChI is InChI=1S/C20H21F3N4O2S/c21-20(22,23)13-5-3-4-12(10-13)17(28)27-9-8-15-16(11-27)30-19(25-15)26-18(29)24-14-6-1-2-7-14/h3-5,10,14H,1-2,6-9,11H2,(H2,24,25,26,29). The number of nitrogens with zero attached hydrogens (tertiary/aromatic N) is 2. The maximum absolute atomic E-state index is 12.9. The van der Waals surface area contributed by atoms with Crippen molar-refractivity contribution in [2.24, 2.45) is 0 Å². The van der Waals surface area contributed by atoms with Crippen molar-refractivity contribution in [1.29, 1.82) is 0 Å². The van der Waals surface area contributed by atoms with Gasteiger partial charge >= 0.3 is 12.2 Å². The maximum Gasteiger partial charge on any atom is 0.416 e. The summed E-state index contributed by atoms with van der Waals surface area (Å²) in [5.74, 6) is -0.450. The highest BCUT2D eigenvalue weighted by atomic mass is 32.1. The van der Waals surface area contributed by atoms with Crippen LogP contribution < -0.4 is 10.6 Å². The van der Waals surface area contributed by atoms with E-state index >= 15 is 0 Å². The number of nitrogens with one attached hydrogen (secondary N) is 2. The van der Waals surface area contributed by atoms with Gasteiger partial charge in [-0.15, -0.1) is 0 Å². The summed E-state index contributed by atoms with van der Waals surface area (Å²) in [5, 5.41) is 6.15. The number of rotatable bonds is 3. The third-order valence-corrected chi connectivity index (χ3v) is 6.36. The van der Waals surface area contributed by atoms with E-state index in [0.717, 1.165) is 48.4 Å². The van der Waals surface area contributed by atoms with Gasteiger partial charge in [0.15, 0.2) is 5.13 Å². The quantitative estimate of drug-likeness (QED) is 0.745. The number of thiazole rings is 1. The summed E-state index contributed by atoms with van der Waals surface area (Å²) in [4.78, 5) is 31.7. The van der Waals surface area contributed by atoms with Gasteiger partial charge in [0.2, 0.25) is 0 Å². The number of hydrogen-bond acceptors (Lipinski definition) is 4. The highest BCUT2D eigenvalue weighted by Crippen LogP contribution is 2.31. The Bertz CT molecular complexity index is 954. The van der Waals surface area contributed by atoms with E-state index in [2.05, 4.69) is 15.6 Å². The van der Waals surface area contributed by atoms with Crippen LogP contribution in [0.1, 0.15) is 52.2 Å². The number of benzene rings is 1. The summed E-state index contributed by atoms with van der Waals surface area (Å²) in [6.07, 6.45) is 0.187. The van der Waals surface area contributed by atoms with Crippen LogP contribution in [-0.4, -0.2) is 34.4 Å². The first-order chi connectivity index (χ1) is 14.3. The topological polar surface area (TPSA) is 74.3 Å². The van der Waals surface area contributed by atoms with Crippen molar-refractivity contribution in [3.8, 4) is 0 Å². The predicted octanol–water partition coefficient (Wildman–Crippen LogP) is 4.42. The molecule has 1 saturated carbocycles. The monoisotopic (exact) mass is 438 g/mol. The van der Waals surface area contributed by atoms with Crippen molar-refractivity contribution in [3.05, 3.63) is 46.0 Å². The molecule has 0 saturated heterocycles. The van der Waals surface area contributed by atoms with E-state index in [0.29, 0.717) is 18.1 Å².